The summed E-state index contributed by atoms with van der Waals surface area (Å²) in [6.07, 6.45) is 2.98. The van der Waals surface area contributed by atoms with Crippen molar-refractivity contribution < 1.29 is 42.9 Å². The molecule has 2 aromatic carbocycles. The SMILES string of the molecule is CC(C)(C)OC(=O)NCCCn1cc(-c2ccc(OC[C@H](ON3C(=O)c4ccccc4C3=O)C(=O)OC(C)(C)C)cc2)c[n+]1CCBr. The Morgan fingerprint density at radius 1 is 0.894 bits per heavy atom. The number of imide groups is 1. The van der Waals surface area contributed by atoms with Crippen molar-refractivity contribution in [3.8, 4) is 16.9 Å². The van der Waals surface area contributed by atoms with Crippen molar-refractivity contribution in [2.24, 2.45) is 0 Å². The number of carbonyl (C=O) groups excluding carboxylic acids is 4. The van der Waals surface area contributed by atoms with Gasteiger partial charge in [-0.05, 0) is 77.8 Å². The second-order valence-electron chi connectivity index (χ2n) is 12.9. The molecule has 4 rings (SSSR count). The Morgan fingerprint density at radius 2 is 1.51 bits per heavy atom. The van der Waals surface area contributed by atoms with Gasteiger partial charge in [-0.3, -0.25) is 9.59 Å². The molecule has 0 spiro atoms. The molecule has 1 aliphatic heterocycles. The van der Waals surface area contributed by atoms with Crippen molar-refractivity contribution in [3.05, 3.63) is 72.1 Å². The highest BCUT2D eigenvalue weighted by molar-refractivity contribution is 9.09. The number of ether oxygens (including phenoxy) is 3. The third kappa shape index (κ3) is 9.88. The molecule has 3 aromatic rings. The van der Waals surface area contributed by atoms with Crippen molar-refractivity contribution in [1.29, 1.82) is 0 Å². The Morgan fingerprint density at radius 3 is 2.09 bits per heavy atom. The number of aromatic nitrogens is 2. The first kappa shape index (κ1) is 35.6. The summed E-state index contributed by atoms with van der Waals surface area (Å²) < 4.78 is 20.9. The van der Waals surface area contributed by atoms with E-state index in [1.54, 1.807) is 45.0 Å². The van der Waals surface area contributed by atoms with Gasteiger partial charge in [-0.25, -0.2) is 14.4 Å². The molecular formula is C34H42BrN4O8+. The number of benzene rings is 2. The molecule has 1 N–H and O–H groups in total. The number of rotatable bonds is 13. The minimum absolute atomic E-state index is 0.195. The van der Waals surface area contributed by atoms with Gasteiger partial charge in [-0.1, -0.05) is 40.2 Å². The van der Waals surface area contributed by atoms with E-state index in [-0.39, 0.29) is 17.7 Å². The van der Waals surface area contributed by atoms with Crippen LogP contribution in [0.25, 0.3) is 11.1 Å². The molecule has 0 aliphatic carbocycles. The molecule has 1 atom stereocenters. The third-order valence-corrected chi connectivity index (χ3v) is 7.05. The lowest BCUT2D eigenvalue weighted by atomic mass is 10.1. The molecule has 3 amide bonds. The molecule has 0 radical (unpaired) electrons. The summed E-state index contributed by atoms with van der Waals surface area (Å²) in [5.74, 6) is -1.64. The standard InChI is InChI=1S/C34H41BrN4O8/c1-33(2,3)45-31(42)28(47-39-29(40)26-10-7-8-11-27(26)30(39)41)22-44-25-14-12-23(13-15-25)24-20-37(38(21-24)19-16-35)18-9-17-36-32(43)46-34(4,5)6/h7-8,10-15,20-21,28H,9,16-19,22H2,1-6H3/p+1/t28-/m0/s1. The van der Waals surface area contributed by atoms with Crippen LogP contribution in [0.4, 0.5) is 4.79 Å². The van der Waals surface area contributed by atoms with Gasteiger partial charge in [0.25, 0.3) is 11.8 Å². The minimum atomic E-state index is -1.39. The number of alkyl carbamates (subject to hydrolysis) is 1. The Labute approximate surface area is 283 Å². The number of alkyl halides is 1. The molecule has 0 saturated carbocycles. The fourth-order valence-corrected chi connectivity index (χ4v) is 5.05. The van der Waals surface area contributed by atoms with Gasteiger partial charge in [0.05, 0.1) is 34.8 Å². The lowest BCUT2D eigenvalue weighted by Crippen LogP contribution is -2.43. The number of hydrogen-bond donors (Lipinski definition) is 1. The van der Waals surface area contributed by atoms with Crippen LogP contribution in [0.5, 0.6) is 5.75 Å². The van der Waals surface area contributed by atoms with Gasteiger partial charge in [0, 0.05) is 6.54 Å². The number of esters is 1. The summed E-state index contributed by atoms with van der Waals surface area (Å²) >= 11 is 3.51. The summed E-state index contributed by atoms with van der Waals surface area (Å²) in [6, 6.07) is 13.7. The average Bonchev–Trinajstić information content (AvgIpc) is 3.50. The van der Waals surface area contributed by atoms with Gasteiger partial charge >= 0.3 is 12.1 Å². The van der Waals surface area contributed by atoms with E-state index in [9.17, 15) is 19.2 Å². The highest BCUT2D eigenvalue weighted by Gasteiger charge is 2.40. The van der Waals surface area contributed by atoms with Crippen molar-refractivity contribution in [3.63, 3.8) is 0 Å². The van der Waals surface area contributed by atoms with Crippen molar-refractivity contribution in [2.45, 2.75) is 78.4 Å². The van der Waals surface area contributed by atoms with Crippen LogP contribution in [0.2, 0.25) is 0 Å². The first-order valence-electron chi connectivity index (χ1n) is 15.4. The second kappa shape index (κ2) is 15.1. The Balaban J connectivity index is 1.40. The van der Waals surface area contributed by atoms with Crippen molar-refractivity contribution in [2.75, 3.05) is 18.5 Å². The van der Waals surface area contributed by atoms with Crippen LogP contribution in [-0.4, -0.2) is 69.4 Å². The zero-order valence-electron chi connectivity index (χ0n) is 27.6. The molecule has 13 heteroatoms. The number of fused-ring (bicyclic) bond motifs is 1. The monoisotopic (exact) mass is 713 g/mol. The van der Waals surface area contributed by atoms with E-state index in [0.717, 1.165) is 23.0 Å². The predicted octanol–water partition coefficient (Wildman–Crippen LogP) is 5.07. The number of amides is 3. The Kier molecular flexibility index (Phi) is 11.5. The maximum Gasteiger partial charge on any atom is 0.407 e. The lowest BCUT2D eigenvalue weighted by molar-refractivity contribution is -0.771. The van der Waals surface area contributed by atoms with Crippen molar-refractivity contribution in [1.82, 2.24) is 15.1 Å². The summed E-state index contributed by atoms with van der Waals surface area (Å²) in [5.41, 5.74) is 0.935. The molecule has 47 heavy (non-hydrogen) atoms. The number of halogens is 1. The summed E-state index contributed by atoms with van der Waals surface area (Å²) in [5, 5.41) is 4.15. The van der Waals surface area contributed by atoms with E-state index in [2.05, 4.69) is 30.6 Å². The molecule has 1 aliphatic rings. The van der Waals surface area contributed by atoms with Crippen LogP contribution in [-0.2, 0) is 32.2 Å². The molecule has 0 bridgehead atoms. The minimum Gasteiger partial charge on any atom is -0.490 e. The van der Waals surface area contributed by atoms with Gasteiger partial charge < -0.3 is 19.5 Å². The maximum absolute atomic E-state index is 13.1. The number of carbonyl (C=O) groups is 4. The largest absolute Gasteiger partial charge is 0.490 e. The smallest absolute Gasteiger partial charge is 0.407 e. The van der Waals surface area contributed by atoms with E-state index in [4.69, 9.17) is 19.0 Å². The molecular weight excluding hydrogens is 672 g/mol. The lowest BCUT2D eigenvalue weighted by Gasteiger charge is -2.26. The van der Waals surface area contributed by atoms with Crippen LogP contribution in [0.15, 0.2) is 60.9 Å². The van der Waals surface area contributed by atoms with Crippen LogP contribution in [0.3, 0.4) is 0 Å². The van der Waals surface area contributed by atoms with Gasteiger partial charge in [0.2, 0.25) is 12.3 Å². The number of nitrogens with zero attached hydrogens (tertiary/aromatic N) is 3. The quantitative estimate of drug-likeness (QED) is 0.0855. The predicted molar refractivity (Wildman–Crippen MR) is 176 cm³/mol. The molecule has 0 unspecified atom stereocenters. The van der Waals surface area contributed by atoms with Gasteiger partial charge in [-0.15, -0.1) is 9.75 Å². The van der Waals surface area contributed by atoms with E-state index >= 15 is 0 Å². The van der Waals surface area contributed by atoms with E-state index in [1.165, 1.54) is 12.1 Å². The summed E-state index contributed by atoms with van der Waals surface area (Å²) in [7, 11) is 0. The second-order valence-corrected chi connectivity index (χ2v) is 13.7. The fourth-order valence-electron chi connectivity index (χ4n) is 4.68. The topological polar surface area (TPSA) is 129 Å². The van der Waals surface area contributed by atoms with Crippen molar-refractivity contribution >= 4 is 39.8 Å². The number of aryl methyl sites for hydroxylation is 2. The third-order valence-electron chi connectivity index (χ3n) is 6.70. The highest BCUT2D eigenvalue weighted by Crippen LogP contribution is 2.26. The van der Waals surface area contributed by atoms with Crippen LogP contribution in [0, 0.1) is 0 Å². The average molecular weight is 715 g/mol. The first-order chi connectivity index (χ1) is 22.1. The molecule has 2 heterocycles. The molecule has 0 fully saturated rings. The molecule has 1 aromatic heterocycles. The van der Waals surface area contributed by atoms with Gasteiger partial charge in [0.15, 0.2) is 6.54 Å². The van der Waals surface area contributed by atoms with Crippen LogP contribution < -0.4 is 14.7 Å². The fraction of sp³-hybridized carbons (Fsp3) is 0.441. The number of hydroxylamine groups is 2. The van der Waals surface area contributed by atoms with Crippen LogP contribution in [0.1, 0.15) is 68.7 Å². The van der Waals surface area contributed by atoms with E-state index in [0.29, 0.717) is 30.3 Å². The first-order valence-corrected chi connectivity index (χ1v) is 16.5. The summed E-state index contributed by atoms with van der Waals surface area (Å²) in [6.45, 7) is 12.2. The molecule has 0 saturated heterocycles. The molecule has 12 nitrogen and oxygen atoms in total. The zero-order valence-corrected chi connectivity index (χ0v) is 29.2. The Bertz CT molecular complexity index is 1560. The normalized spacial score (nSPS) is 13.7. The number of hydrogen-bond acceptors (Lipinski definition) is 8. The van der Waals surface area contributed by atoms with Crippen LogP contribution >= 0.6 is 15.9 Å². The Hall–Kier alpha value is -4.23. The molecule has 252 valence electrons. The van der Waals surface area contributed by atoms with Gasteiger partial charge in [-0.2, -0.15) is 4.68 Å². The highest BCUT2D eigenvalue weighted by atomic mass is 79.9. The zero-order chi connectivity index (χ0) is 34.4. The van der Waals surface area contributed by atoms with Gasteiger partial charge in [0.1, 0.15) is 23.6 Å². The number of nitrogens with one attached hydrogen (secondary N) is 1. The summed E-state index contributed by atoms with van der Waals surface area (Å²) in [4.78, 5) is 56.4. The van der Waals surface area contributed by atoms with E-state index in [1.807, 2.05) is 45.3 Å². The maximum atomic E-state index is 13.1. The van der Waals surface area contributed by atoms with E-state index < -0.39 is 41.2 Å².